The molecule has 14 aromatic rings. The van der Waals surface area contributed by atoms with E-state index < -0.39 is 126 Å². The van der Waals surface area contributed by atoms with E-state index in [1.807, 2.05) is 31.2 Å². The smallest absolute Gasteiger partial charge is 0.269 e. The fourth-order valence-electron chi connectivity index (χ4n) is 17.1. The van der Waals surface area contributed by atoms with E-state index in [-0.39, 0.29) is 112 Å². The van der Waals surface area contributed by atoms with Crippen LogP contribution < -0.4 is 43.0 Å². The first kappa shape index (κ1) is 110. The Morgan fingerprint density at radius 3 is 1.12 bits per heavy atom. The monoisotopic (exact) mass is 2250 g/mol. The number of amides is 6. The van der Waals surface area contributed by atoms with Crippen LogP contribution in [0.25, 0.3) is 33.2 Å². The van der Waals surface area contributed by atoms with Crippen molar-refractivity contribution in [3.63, 3.8) is 0 Å². The molecule has 0 atom stereocenters. The van der Waals surface area contributed by atoms with Crippen LogP contribution in [-0.2, 0) is 107 Å². The number of anilines is 4. The fourth-order valence-corrected chi connectivity index (χ4v) is 28.4. The Hall–Kier alpha value is -13.1. The van der Waals surface area contributed by atoms with Gasteiger partial charge < -0.3 is 37.0 Å². The maximum absolute atomic E-state index is 13.2. The van der Waals surface area contributed by atoms with Crippen molar-refractivity contribution in [3.8, 4) is 17.4 Å². The lowest BCUT2D eigenvalue weighted by Crippen LogP contribution is -2.43. The number of pyridine rings is 6. The van der Waals surface area contributed by atoms with Crippen molar-refractivity contribution in [1.82, 2.24) is 38.9 Å². The Morgan fingerprint density at radius 1 is 0.403 bits per heavy atom. The lowest BCUT2D eigenvalue weighted by atomic mass is 9.97. The van der Waals surface area contributed by atoms with Gasteiger partial charge in [0, 0.05) is 108 Å². The number of likely N-dealkylation sites (tertiary alicyclic amines) is 2. The molecule has 0 unspecified atom stereocenters. The first-order valence-corrected chi connectivity index (χ1v) is 57.8. The van der Waals surface area contributed by atoms with Crippen molar-refractivity contribution in [2.75, 3.05) is 95.8 Å². The van der Waals surface area contributed by atoms with Crippen LogP contribution in [0.2, 0.25) is 17.3 Å². The highest BCUT2D eigenvalue weighted by Crippen LogP contribution is 2.36. The number of hydrogen-bond donors (Lipinski definition) is 5. The number of Topliss-reactive ketones (excluding diaryl/α,β-unsaturated/α-hetero) is 4. The van der Waals surface area contributed by atoms with E-state index in [9.17, 15) is 96.3 Å². The quantitative estimate of drug-likeness (QED) is 0.0180. The standard InChI is InChI=1S/C29H31ClN4O5S2.C28H29ClN4O5S2.C23H18ClN3O5S2.C22H16ClN3O6S2/c30-25-8-10-28(40-25)41(38,39)19-23(35)15-20-5-9-26(32-18-20)34-27(36)17-21-16-22(6-7-24(21)29(34)37)31-11-4-14-33-12-2-1-3-13-33;29-24-7-9-27(39-24)40(37,38)18-22(34)14-19-4-8-25(31-17-19)33-26(35)16-20-15-21(5-6-23(20)28(33)36)30-10-3-13-32-11-1-2-12-32;1-13-2-4-16-17(8-13)18(22(25)29)11-27(23(16)30)20-6-3-14(10-26-20)9-15(28)12-34(31,32)21-7-5-19(24)33-21;23-16-6-8-18(33-16)34(31,32)11-13(27)9-12-5-7-17(25-10-12)26-19(21(24)29)20(28)14-3-1-2-4-15(14)22(26)30/h5-10,16,18,31H,1-4,11-15,17,19H2;4-9,15,17,30H,1-3,10-14,16,18H2;2-8,10-11H,9,12H2,1H3,(H2,25,29);1-8,10,28H,9,11H2,(H2,24,29). The van der Waals surface area contributed by atoms with Gasteiger partial charge in [0.2, 0.25) is 11.8 Å². The lowest BCUT2D eigenvalue weighted by molar-refractivity contribution is -0.118. The first-order valence-electron chi connectivity index (χ1n) is 46.4. The molecule has 18 rings (SSSR count). The van der Waals surface area contributed by atoms with Crippen molar-refractivity contribution in [2.45, 2.75) is 107 Å². The Morgan fingerprint density at radius 2 is 0.765 bits per heavy atom. The largest absolute Gasteiger partial charge is 0.505 e. The number of nitrogens with two attached hydrogens (primary N) is 2. The number of nitrogens with zero attached hydrogens (tertiary/aromatic N) is 10. The van der Waals surface area contributed by atoms with Crippen molar-refractivity contribution in [2.24, 2.45) is 11.5 Å². The summed E-state index contributed by atoms with van der Waals surface area (Å²) in [6.07, 6.45) is 14.7. The summed E-state index contributed by atoms with van der Waals surface area (Å²) < 4.78 is 103. The average molecular weight is 2250 g/mol. The molecule has 774 valence electrons. The van der Waals surface area contributed by atoms with Crippen LogP contribution in [0.3, 0.4) is 0 Å². The maximum Gasteiger partial charge on any atom is 0.269 e. The highest BCUT2D eigenvalue weighted by Gasteiger charge is 2.37. The molecule has 0 aliphatic carbocycles. The van der Waals surface area contributed by atoms with Crippen molar-refractivity contribution < 1.29 is 86.7 Å². The number of aryl methyl sites for hydroxylation is 1. The topological polar surface area (TPSA) is 512 Å². The molecule has 4 aromatic carbocycles. The van der Waals surface area contributed by atoms with Gasteiger partial charge in [-0.1, -0.05) is 113 Å². The summed E-state index contributed by atoms with van der Waals surface area (Å²) >= 11 is 26.8. The number of nitrogens with one attached hydrogen (secondary N) is 2. The first-order chi connectivity index (χ1) is 71.0. The number of aromatic nitrogens is 6. The van der Waals surface area contributed by atoms with Crippen LogP contribution in [0.15, 0.2) is 233 Å². The van der Waals surface area contributed by atoms with Gasteiger partial charge in [0.25, 0.3) is 34.7 Å². The van der Waals surface area contributed by atoms with Gasteiger partial charge in [0.1, 0.15) is 63.1 Å². The van der Waals surface area contributed by atoms with Crippen LogP contribution in [0.4, 0.5) is 23.0 Å². The minimum atomic E-state index is -3.82. The number of primary amides is 2. The predicted octanol–water partition coefficient (Wildman–Crippen LogP) is 14.0. The van der Waals surface area contributed by atoms with Crippen LogP contribution in [0.5, 0.6) is 5.75 Å². The van der Waals surface area contributed by atoms with E-state index in [2.05, 4.69) is 40.4 Å². The Labute approximate surface area is 890 Å². The summed E-state index contributed by atoms with van der Waals surface area (Å²) in [7, 11) is -15.2. The number of aromatic hydroxyl groups is 1. The molecule has 0 bridgehead atoms. The van der Waals surface area contributed by atoms with Gasteiger partial charge >= 0.3 is 0 Å². The number of rotatable bonds is 36. The number of thiophene rings is 4. The Balaban J connectivity index is 0.000000149. The minimum Gasteiger partial charge on any atom is -0.505 e. The molecule has 47 heteroatoms. The summed E-state index contributed by atoms with van der Waals surface area (Å²) in [6, 6.07) is 45.6. The second-order valence-electron chi connectivity index (χ2n) is 35.3. The second-order valence-corrected chi connectivity index (χ2v) is 51.0. The SMILES string of the molecule is Cc1ccc2c(=O)n(-c3ccc(CC(=O)CS(=O)(=O)c4ccc(Cl)s4)cn3)cc(C(N)=O)c2c1.NC(=O)c1c(O)c2ccccc2c(=O)n1-c1ccc(CC(=O)CS(=O)(=O)c2ccc(Cl)s2)cn1.O=C(Cc1ccc(N2C(=O)Cc3cc(NCCCN4CCCC4)ccc3C2=O)nc1)CS(=O)(=O)c1ccc(Cl)s1.O=C(Cc1ccc(N2C(=O)Cc3cc(NCCCN4CCCCC4)ccc3C2=O)nc1)CS(=O)(=O)c1ccc(Cl)s1. The van der Waals surface area contributed by atoms with Crippen LogP contribution >= 0.6 is 91.8 Å². The van der Waals surface area contributed by atoms with Gasteiger partial charge in [-0.15, -0.1) is 45.3 Å². The third-order valence-corrected chi connectivity index (χ3v) is 38.2. The fraction of sp³-hybridized carbons (Fsp3) is 0.255. The summed E-state index contributed by atoms with van der Waals surface area (Å²) in [5, 5.41) is 18.5. The number of sulfone groups is 4. The molecule has 0 saturated carbocycles. The molecule has 35 nitrogen and oxygen atoms in total. The number of benzene rings is 4. The van der Waals surface area contributed by atoms with Gasteiger partial charge in [0.05, 0.1) is 41.1 Å². The van der Waals surface area contributed by atoms with E-state index in [1.54, 1.807) is 60.7 Å². The number of carbonyl (C=O) groups is 10. The van der Waals surface area contributed by atoms with Gasteiger partial charge in [-0.3, -0.25) is 66.7 Å². The molecule has 14 heterocycles. The molecular formula is C102H94Cl4N14O21S8. The van der Waals surface area contributed by atoms with Gasteiger partial charge in [-0.25, -0.2) is 63.4 Å². The molecule has 4 aliphatic rings. The molecule has 7 N–H and O–H groups in total. The zero-order valence-electron chi connectivity index (χ0n) is 79.3. The normalized spacial score (nSPS) is 14.0. The average Bonchev–Trinajstić information content (AvgIpc) is 1.64. The van der Waals surface area contributed by atoms with Crippen LogP contribution in [0.1, 0.15) is 125 Å². The van der Waals surface area contributed by atoms with Crippen LogP contribution in [0, 0.1) is 6.92 Å². The maximum atomic E-state index is 13.2. The molecule has 0 spiro atoms. The number of carbonyl (C=O) groups excluding carboxylic acids is 10. The summed E-state index contributed by atoms with van der Waals surface area (Å²) in [5.74, 6) is -8.04. The molecule has 6 amide bonds. The summed E-state index contributed by atoms with van der Waals surface area (Å²) in [6.45, 7) is 10.3. The summed E-state index contributed by atoms with van der Waals surface area (Å²) in [5.41, 5.74) is 16.4. The second kappa shape index (κ2) is 48.2. The minimum absolute atomic E-state index is 0.00287. The van der Waals surface area contributed by atoms with E-state index >= 15 is 0 Å². The lowest BCUT2D eigenvalue weighted by Gasteiger charge is -2.27. The van der Waals surface area contributed by atoms with Gasteiger partial charge in [-0.2, -0.15) is 0 Å². The number of ketones is 4. The summed E-state index contributed by atoms with van der Waals surface area (Å²) in [4.78, 5) is 176. The number of fused-ring (bicyclic) bond motifs is 4. The molecule has 149 heavy (non-hydrogen) atoms. The highest BCUT2D eigenvalue weighted by molar-refractivity contribution is 7.95. The number of piperidine rings is 1. The van der Waals surface area contributed by atoms with Crippen molar-refractivity contribution in [3.05, 3.63) is 306 Å². The third-order valence-electron chi connectivity index (χ3n) is 24.2. The molecule has 10 aromatic heterocycles. The Bertz CT molecular complexity index is 8200. The zero-order valence-corrected chi connectivity index (χ0v) is 88.9. The van der Waals surface area contributed by atoms with Crippen molar-refractivity contribution >= 4 is 234 Å². The van der Waals surface area contributed by atoms with E-state index in [0.29, 0.717) is 72.6 Å². The van der Waals surface area contributed by atoms with E-state index in [1.165, 1.54) is 185 Å². The van der Waals surface area contributed by atoms with E-state index in [0.717, 1.165) is 116 Å². The molecule has 2 saturated heterocycles. The molecule has 4 aliphatic heterocycles. The predicted molar refractivity (Wildman–Crippen MR) is 573 cm³/mol. The highest BCUT2D eigenvalue weighted by atomic mass is 35.5. The Kier molecular flexibility index (Phi) is 35.6. The van der Waals surface area contributed by atoms with Crippen molar-refractivity contribution in [1.29, 1.82) is 0 Å². The van der Waals surface area contributed by atoms with Gasteiger partial charge in [-0.05, 0) is 239 Å². The molecular weight excluding hydrogens is 2160 g/mol. The van der Waals surface area contributed by atoms with Crippen LogP contribution in [-0.4, -0.2) is 212 Å². The number of halogens is 4. The van der Waals surface area contributed by atoms with E-state index in [4.69, 9.17) is 57.9 Å². The number of hydrogen-bond acceptors (Lipinski definition) is 33. The third kappa shape index (κ3) is 27.6. The molecule has 2 fully saturated rings. The number of imide groups is 2. The molecule has 0 radical (unpaired) electrons. The zero-order chi connectivity index (χ0) is 107. The van der Waals surface area contributed by atoms with Gasteiger partial charge in [0.15, 0.2) is 73.9 Å².